The highest BCUT2D eigenvalue weighted by molar-refractivity contribution is 6.30. The van der Waals surface area contributed by atoms with Crippen LogP contribution in [0, 0.1) is 11.8 Å². The molecule has 0 N–H and O–H groups in total. The third-order valence-electron chi connectivity index (χ3n) is 5.89. The molecule has 2 saturated heterocycles. The van der Waals surface area contributed by atoms with E-state index in [9.17, 15) is 4.79 Å². The van der Waals surface area contributed by atoms with Crippen LogP contribution in [-0.4, -0.2) is 60.7 Å². The van der Waals surface area contributed by atoms with Crippen molar-refractivity contribution in [3.05, 3.63) is 41.7 Å². The topological polar surface area (TPSA) is 67.8 Å². The van der Waals surface area contributed by atoms with Gasteiger partial charge in [-0.3, -0.25) is 4.79 Å². The third kappa shape index (κ3) is 4.95. The molecule has 7 nitrogen and oxygen atoms in total. The fourth-order valence-corrected chi connectivity index (χ4v) is 4.23. The maximum atomic E-state index is 13.0. The molecule has 0 radical (unpaired) electrons. The van der Waals surface area contributed by atoms with E-state index in [1.807, 2.05) is 17.0 Å². The van der Waals surface area contributed by atoms with Gasteiger partial charge < -0.3 is 19.3 Å². The molecule has 2 aliphatic rings. The predicted octanol–water partition coefficient (Wildman–Crippen LogP) is 3.28. The van der Waals surface area contributed by atoms with E-state index in [1.165, 1.54) is 0 Å². The van der Waals surface area contributed by atoms with E-state index in [2.05, 4.69) is 14.9 Å². The molecular weight excluding hydrogens is 404 g/mol. The SMILES string of the molecule is COc1ccc(N2CCC(C(=O)N3CCC(COc4ccc(Cl)cn4)C3)CC2)nc1. The van der Waals surface area contributed by atoms with Crippen LogP contribution in [0.25, 0.3) is 0 Å². The number of methoxy groups -OCH3 is 1. The van der Waals surface area contributed by atoms with Crippen LogP contribution < -0.4 is 14.4 Å². The first kappa shape index (κ1) is 20.7. The number of rotatable bonds is 6. The quantitative estimate of drug-likeness (QED) is 0.700. The standard InChI is InChI=1S/C22H27ClN4O3/c1-29-19-3-4-20(24-13-19)26-10-7-17(8-11-26)22(28)27-9-6-16(14-27)15-30-21-5-2-18(23)12-25-21/h2-5,12-13,16-17H,6-11,14-15H2,1H3. The summed E-state index contributed by atoms with van der Waals surface area (Å²) in [5.41, 5.74) is 0. The Balaban J connectivity index is 1.22. The largest absolute Gasteiger partial charge is 0.495 e. The lowest BCUT2D eigenvalue weighted by Gasteiger charge is -2.34. The summed E-state index contributed by atoms with van der Waals surface area (Å²) >= 11 is 5.85. The average Bonchev–Trinajstić information content (AvgIpc) is 3.27. The zero-order chi connectivity index (χ0) is 20.9. The van der Waals surface area contributed by atoms with E-state index >= 15 is 0 Å². The lowest BCUT2D eigenvalue weighted by molar-refractivity contribution is -0.135. The lowest BCUT2D eigenvalue weighted by atomic mass is 9.95. The van der Waals surface area contributed by atoms with Crippen molar-refractivity contribution in [3.8, 4) is 11.6 Å². The van der Waals surface area contributed by atoms with Gasteiger partial charge in [0.15, 0.2) is 0 Å². The zero-order valence-electron chi connectivity index (χ0n) is 17.2. The molecule has 0 saturated carbocycles. The van der Waals surface area contributed by atoms with Crippen molar-refractivity contribution in [2.75, 3.05) is 44.8 Å². The predicted molar refractivity (Wildman–Crippen MR) is 115 cm³/mol. The highest BCUT2D eigenvalue weighted by Crippen LogP contribution is 2.27. The number of carbonyl (C=O) groups excluding carboxylic acids is 1. The highest BCUT2D eigenvalue weighted by Gasteiger charge is 2.33. The van der Waals surface area contributed by atoms with E-state index in [0.29, 0.717) is 23.4 Å². The molecular formula is C22H27ClN4O3. The monoisotopic (exact) mass is 430 g/mol. The van der Waals surface area contributed by atoms with Gasteiger partial charge >= 0.3 is 0 Å². The van der Waals surface area contributed by atoms with Gasteiger partial charge in [-0.05, 0) is 37.5 Å². The summed E-state index contributed by atoms with van der Waals surface area (Å²) in [4.78, 5) is 25.9. The highest BCUT2D eigenvalue weighted by atomic mass is 35.5. The second kappa shape index (κ2) is 9.51. The number of anilines is 1. The Morgan fingerprint density at radius 3 is 2.60 bits per heavy atom. The molecule has 0 bridgehead atoms. The normalized spacial score (nSPS) is 19.7. The Morgan fingerprint density at radius 1 is 1.10 bits per heavy atom. The number of carbonyl (C=O) groups is 1. The van der Waals surface area contributed by atoms with Crippen LogP contribution >= 0.6 is 11.6 Å². The number of hydrogen-bond acceptors (Lipinski definition) is 6. The first-order chi connectivity index (χ1) is 14.6. The van der Waals surface area contributed by atoms with E-state index in [1.54, 1.807) is 31.6 Å². The molecule has 4 rings (SSSR count). The third-order valence-corrected chi connectivity index (χ3v) is 6.11. The molecule has 30 heavy (non-hydrogen) atoms. The van der Waals surface area contributed by atoms with Gasteiger partial charge in [-0.1, -0.05) is 11.6 Å². The summed E-state index contributed by atoms with van der Waals surface area (Å²) < 4.78 is 10.9. The van der Waals surface area contributed by atoms with Gasteiger partial charge in [0.1, 0.15) is 11.6 Å². The van der Waals surface area contributed by atoms with Gasteiger partial charge in [-0.25, -0.2) is 9.97 Å². The number of piperidine rings is 1. The summed E-state index contributed by atoms with van der Waals surface area (Å²) in [6.07, 6.45) is 6.00. The summed E-state index contributed by atoms with van der Waals surface area (Å²) in [6.45, 7) is 3.82. The van der Waals surface area contributed by atoms with Crippen LogP contribution in [0.1, 0.15) is 19.3 Å². The van der Waals surface area contributed by atoms with Crippen LogP contribution in [0.15, 0.2) is 36.7 Å². The molecule has 8 heteroatoms. The molecule has 4 heterocycles. The van der Waals surface area contributed by atoms with Crippen molar-refractivity contribution < 1.29 is 14.3 Å². The molecule has 1 unspecified atom stereocenters. The fraction of sp³-hybridized carbons (Fsp3) is 0.500. The summed E-state index contributed by atoms with van der Waals surface area (Å²) in [5.74, 6) is 2.99. The Kier molecular flexibility index (Phi) is 6.57. The smallest absolute Gasteiger partial charge is 0.225 e. The minimum absolute atomic E-state index is 0.0945. The van der Waals surface area contributed by atoms with Crippen molar-refractivity contribution in [1.29, 1.82) is 0 Å². The van der Waals surface area contributed by atoms with E-state index in [4.69, 9.17) is 21.1 Å². The van der Waals surface area contributed by atoms with Crippen molar-refractivity contribution in [3.63, 3.8) is 0 Å². The van der Waals surface area contributed by atoms with Crippen LogP contribution in [0.2, 0.25) is 5.02 Å². The van der Waals surface area contributed by atoms with Crippen molar-refractivity contribution >= 4 is 23.3 Å². The van der Waals surface area contributed by atoms with Crippen LogP contribution in [0.3, 0.4) is 0 Å². The number of hydrogen-bond donors (Lipinski definition) is 0. The molecule has 2 aliphatic heterocycles. The first-order valence-corrected chi connectivity index (χ1v) is 10.8. The lowest BCUT2D eigenvalue weighted by Crippen LogP contribution is -2.42. The summed E-state index contributed by atoms with van der Waals surface area (Å²) in [7, 11) is 1.64. The van der Waals surface area contributed by atoms with Gasteiger partial charge in [0.05, 0.1) is 24.9 Å². The number of nitrogens with zero attached hydrogens (tertiary/aromatic N) is 4. The number of ether oxygens (including phenoxy) is 2. The van der Waals surface area contributed by atoms with Crippen LogP contribution in [0.5, 0.6) is 11.6 Å². The molecule has 0 aromatic carbocycles. The number of amides is 1. The molecule has 0 spiro atoms. The van der Waals surface area contributed by atoms with E-state index in [-0.39, 0.29) is 11.8 Å². The van der Waals surface area contributed by atoms with Gasteiger partial charge in [0.25, 0.3) is 0 Å². The van der Waals surface area contributed by atoms with Gasteiger partial charge in [-0.2, -0.15) is 0 Å². The average molecular weight is 431 g/mol. The Morgan fingerprint density at radius 2 is 1.93 bits per heavy atom. The maximum absolute atomic E-state index is 13.0. The minimum atomic E-state index is 0.0945. The van der Waals surface area contributed by atoms with Crippen molar-refractivity contribution in [2.24, 2.45) is 11.8 Å². The Hall–Kier alpha value is -2.54. The Bertz CT molecular complexity index is 838. The number of pyridine rings is 2. The van der Waals surface area contributed by atoms with Crippen LogP contribution in [0.4, 0.5) is 5.82 Å². The Labute approximate surface area is 182 Å². The van der Waals surface area contributed by atoms with E-state index in [0.717, 1.165) is 57.0 Å². The second-order valence-electron chi connectivity index (χ2n) is 7.88. The minimum Gasteiger partial charge on any atom is -0.495 e. The molecule has 2 fully saturated rings. The number of likely N-dealkylation sites (tertiary alicyclic amines) is 1. The number of aromatic nitrogens is 2. The second-order valence-corrected chi connectivity index (χ2v) is 8.32. The van der Waals surface area contributed by atoms with E-state index < -0.39 is 0 Å². The molecule has 2 aromatic rings. The van der Waals surface area contributed by atoms with Crippen LogP contribution in [-0.2, 0) is 4.79 Å². The summed E-state index contributed by atoms with van der Waals surface area (Å²) in [5, 5.41) is 0.591. The van der Waals surface area contributed by atoms with Gasteiger partial charge in [0.2, 0.25) is 11.8 Å². The first-order valence-electron chi connectivity index (χ1n) is 10.4. The molecule has 160 valence electrons. The van der Waals surface area contributed by atoms with Crippen molar-refractivity contribution in [1.82, 2.24) is 14.9 Å². The molecule has 1 atom stereocenters. The summed E-state index contributed by atoms with van der Waals surface area (Å²) in [6, 6.07) is 7.43. The fourth-order valence-electron chi connectivity index (χ4n) is 4.11. The van der Waals surface area contributed by atoms with Gasteiger partial charge in [-0.15, -0.1) is 0 Å². The molecule has 2 aromatic heterocycles. The van der Waals surface area contributed by atoms with Crippen molar-refractivity contribution in [2.45, 2.75) is 19.3 Å². The van der Waals surface area contributed by atoms with Gasteiger partial charge in [0, 0.05) is 50.3 Å². The number of halogens is 1. The molecule has 1 amide bonds. The zero-order valence-corrected chi connectivity index (χ0v) is 17.9. The molecule has 0 aliphatic carbocycles. The maximum Gasteiger partial charge on any atom is 0.225 e.